The monoisotopic (exact) mass is 420 g/mol. The predicted octanol–water partition coefficient (Wildman–Crippen LogP) is 6.74. The van der Waals surface area contributed by atoms with Crippen LogP contribution in [0.1, 0.15) is 34.1 Å². The van der Waals surface area contributed by atoms with Gasteiger partial charge < -0.3 is 9.84 Å². The Kier molecular flexibility index (Phi) is 5.55. The average Bonchev–Trinajstić information content (AvgIpc) is 3.12. The molecule has 0 unspecified atom stereocenters. The van der Waals surface area contributed by atoms with Crippen LogP contribution in [0.3, 0.4) is 0 Å². The van der Waals surface area contributed by atoms with Crippen molar-refractivity contribution in [1.29, 1.82) is 0 Å². The Balaban J connectivity index is 1.87. The lowest BCUT2D eigenvalue weighted by Crippen LogP contribution is -2.04. The van der Waals surface area contributed by atoms with E-state index >= 15 is 0 Å². The molecule has 0 aliphatic rings. The Morgan fingerprint density at radius 1 is 1.07 bits per heavy atom. The van der Waals surface area contributed by atoms with Gasteiger partial charge in [-0.25, -0.2) is 4.39 Å². The summed E-state index contributed by atoms with van der Waals surface area (Å²) in [5.74, 6) is 0.238. The number of halogens is 1. The minimum atomic E-state index is -0.443. The zero-order valence-corrected chi connectivity index (χ0v) is 17.6. The number of thiophene rings is 1. The summed E-state index contributed by atoms with van der Waals surface area (Å²) in [5, 5.41) is 10.8. The van der Waals surface area contributed by atoms with E-state index in [1.54, 1.807) is 25.1 Å². The molecular formula is C25H21FO3S. The number of hydrogen-bond acceptors (Lipinski definition) is 4. The zero-order valence-electron chi connectivity index (χ0n) is 16.7. The Morgan fingerprint density at radius 3 is 2.57 bits per heavy atom. The summed E-state index contributed by atoms with van der Waals surface area (Å²) in [7, 11) is 0. The molecule has 0 saturated heterocycles. The van der Waals surface area contributed by atoms with Crippen molar-refractivity contribution in [2.45, 2.75) is 20.3 Å². The van der Waals surface area contributed by atoms with Crippen molar-refractivity contribution in [3.05, 3.63) is 82.5 Å². The van der Waals surface area contributed by atoms with Crippen molar-refractivity contribution in [2.24, 2.45) is 0 Å². The summed E-state index contributed by atoms with van der Waals surface area (Å²) in [6, 6.07) is 16.9. The topological polar surface area (TPSA) is 46.5 Å². The van der Waals surface area contributed by atoms with E-state index in [2.05, 4.69) is 0 Å². The van der Waals surface area contributed by atoms with Crippen molar-refractivity contribution < 1.29 is 19.0 Å². The van der Waals surface area contributed by atoms with Gasteiger partial charge >= 0.3 is 0 Å². The molecule has 0 atom stereocenters. The lowest BCUT2D eigenvalue weighted by atomic mass is 9.96. The smallest absolute Gasteiger partial charge is 0.203 e. The highest BCUT2D eigenvalue weighted by Crippen LogP contribution is 2.42. The Morgan fingerprint density at radius 2 is 1.83 bits per heavy atom. The fourth-order valence-corrected chi connectivity index (χ4v) is 4.64. The SMILES string of the molecule is CCCOc1ccc(-c2c(C(=O)c3cc(F)ccc3C)sc3cc(O)ccc23)cc1. The van der Waals surface area contributed by atoms with E-state index in [4.69, 9.17) is 4.74 Å². The molecule has 4 rings (SSSR count). The summed E-state index contributed by atoms with van der Waals surface area (Å²) >= 11 is 1.31. The van der Waals surface area contributed by atoms with Crippen molar-refractivity contribution in [1.82, 2.24) is 0 Å². The van der Waals surface area contributed by atoms with E-state index in [-0.39, 0.29) is 11.5 Å². The van der Waals surface area contributed by atoms with E-state index in [9.17, 15) is 14.3 Å². The molecule has 0 radical (unpaired) electrons. The fraction of sp³-hybridized carbons (Fsp3) is 0.160. The van der Waals surface area contributed by atoms with Crippen molar-refractivity contribution in [3.8, 4) is 22.6 Å². The molecule has 0 aliphatic carbocycles. The summed E-state index contributed by atoms with van der Waals surface area (Å²) < 4.78 is 20.3. The molecule has 30 heavy (non-hydrogen) atoms. The molecule has 3 aromatic carbocycles. The van der Waals surface area contributed by atoms with Crippen LogP contribution in [-0.4, -0.2) is 17.5 Å². The van der Waals surface area contributed by atoms with Crippen LogP contribution in [0.2, 0.25) is 0 Å². The second-order valence-electron chi connectivity index (χ2n) is 7.15. The molecule has 4 aromatic rings. The van der Waals surface area contributed by atoms with Gasteiger partial charge in [0.2, 0.25) is 5.78 Å². The van der Waals surface area contributed by atoms with E-state index < -0.39 is 5.82 Å². The summed E-state index contributed by atoms with van der Waals surface area (Å²) in [6.07, 6.45) is 0.923. The standard InChI is InChI=1S/C25H21FO3S/c1-3-12-29-19-9-5-16(6-10-19)23-20-11-8-18(27)14-22(20)30-25(23)24(28)21-13-17(26)7-4-15(21)2/h4-11,13-14,27H,3,12H2,1-2H3. The maximum absolute atomic E-state index is 13.9. The normalized spacial score (nSPS) is 11.0. The van der Waals surface area contributed by atoms with Crippen LogP contribution < -0.4 is 4.74 Å². The first-order valence-corrected chi connectivity index (χ1v) is 10.6. The highest BCUT2D eigenvalue weighted by molar-refractivity contribution is 7.21. The minimum absolute atomic E-state index is 0.138. The van der Waals surface area contributed by atoms with E-state index in [1.165, 1.54) is 23.5 Å². The van der Waals surface area contributed by atoms with Crippen LogP contribution in [0.4, 0.5) is 4.39 Å². The summed E-state index contributed by atoms with van der Waals surface area (Å²) in [4.78, 5) is 14.0. The van der Waals surface area contributed by atoms with E-state index in [0.29, 0.717) is 17.0 Å². The number of ketones is 1. The molecule has 0 spiro atoms. The van der Waals surface area contributed by atoms with Crippen LogP contribution in [0.5, 0.6) is 11.5 Å². The third kappa shape index (κ3) is 3.81. The van der Waals surface area contributed by atoms with Gasteiger partial charge in [-0.15, -0.1) is 11.3 Å². The molecule has 0 fully saturated rings. The molecule has 0 amide bonds. The molecule has 3 nitrogen and oxygen atoms in total. The molecule has 5 heteroatoms. The van der Waals surface area contributed by atoms with Gasteiger partial charge in [0, 0.05) is 21.2 Å². The van der Waals surface area contributed by atoms with Gasteiger partial charge in [0.15, 0.2) is 0 Å². The van der Waals surface area contributed by atoms with Gasteiger partial charge in [0.25, 0.3) is 0 Å². The number of carbonyl (C=O) groups excluding carboxylic acids is 1. The molecule has 152 valence electrons. The first kappa shape index (κ1) is 20.1. The summed E-state index contributed by atoms with van der Waals surface area (Å²) in [6.45, 7) is 4.49. The lowest BCUT2D eigenvalue weighted by Gasteiger charge is -2.09. The molecule has 0 aliphatic heterocycles. The highest BCUT2D eigenvalue weighted by Gasteiger charge is 2.23. The zero-order chi connectivity index (χ0) is 21.3. The minimum Gasteiger partial charge on any atom is -0.508 e. The van der Waals surface area contributed by atoms with Crippen LogP contribution in [0.25, 0.3) is 21.2 Å². The average molecular weight is 421 g/mol. The predicted molar refractivity (Wildman–Crippen MR) is 119 cm³/mol. The number of carbonyl (C=O) groups is 1. The molecule has 0 saturated carbocycles. The van der Waals surface area contributed by atoms with E-state index in [1.807, 2.05) is 37.3 Å². The quantitative estimate of drug-likeness (QED) is 0.351. The maximum atomic E-state index is 13.9. The Bertz CT molecular complexity index is 1230. The highest BCUT2D eigenvalue weighted by atomic mass is 32.1. The van der Waals surface area contributed by atoms with Crippen LogP contribution >= 0.6 is 11.3 Å². The Hall–Kier alpha value is -3.18. The van der Waals surface area contributed by atoms with Gasteiger partial charge in [-0.05, 0) is 66.9 Å². The second-order valence-corrected chi connectivity index (χ2v) is 8.20. The molecule has 1 aromatic heterocycles. The number of phenolic OH excluding ortho intramolecular Hbond substituents is 1. The number of hydrogen-bond donors (Lipinski definition) is 1. The van der Waals surface area contributed by atoms with Gasteiger partial charge in [-0.1, -0.05) is 25.1 Å². The number of rotatable bonds is 6. The van der Waals surface area contributed by atoms with Gasteiger partial charge in [0.05, 0.1) is 11.5 Å². The lowest BCUT2D eigenvalue weighted by molar-refractivity contribution is 0.104. The number of aryl methyl sites for hydroxylation is 1. The maximum Gasteiger partial charge on any atom is 0.203 e. The van der Waals surface area contributed by atoms with Crippen molar-refractivity contribution in [3.63, 3.8) is 0 Å². The number of benzene rings is 3. The van der Waals surface area contributed by atoms with Gasteiger partial charge in [0.1, 0.15) is 17.3 Å². The third-order valence-electron chi connectivity index (χ3n) is 4.94. The summed E-state index contributed by atoms with van der Waals surface area (Å²) in [5.41, 5.74) is 2.71. The van der Waals surface area contributed by atoms with Gasteiger partial charge in [-0.3, -0.25) is 4.79 Å². The fourth-order valence-electron chi connectivity index (χ4n) is 3.43. The molecular weight excluding hydrogens is 399 g/mol. The van der Waals surface area contributed by atoms with Gasteiger partial charge in [-0.2, -0.15) is 0 Å². The first-order valence-electron chi connectivity index (χ1n) is 9.77. The number of aromatic hydroxyl groups is 1. The second kappa shape index (κ2) is 8.28. The van der Waals surface area contributed by atoms with Crippen LogP contribution in [0.15, 0.2) is 60.7 Å². The van der Waals surface area contributed by atoms with Crippen molar-refractivity contribution >= 4 is 27.2 Å². The van der Waals surface area contributed by atoms with Crippen molar-refractivity contribution in [2.75, 3.05) is 6.61 Å². The number of fused-ring (bicyclic) bond motifs is 1. The molecule has 1 N–H and O–H groups in total. The Labute approximate surface area is 178 Å². The van der Waals surface area contributed by atoms with E-state index in [0.717, 1.165) is 38.9 Å². The number of phenols is 1. The number of ether oxygens (including phenoxy) is 1. The molecule has 1 heterocycles. The van der Waals surface area contributed by atoms with Crippen LogP contribution in [0, 0.1) is 12.7 Å². The van der Waals surface area contributed by atoms with Crippen LogP contribution in [-0.2, 0) is 0 Å². The first-order chi connectivity index (χ1) is 14.5. The largest absolute Gasteiger partial charge is 0.508 e. The third-order valence-corrected chi connectivity index (χ3v) is 6.09. The molecule has 0 bridgehead atoms.